The van der Waals surface area contributed by atoms with E-state index in [0.29, 0.717) is 31.7 Å². The van der Waals surface area contributed by atoms with Gasteiger partial charge in [0.25, 0.3) is 5.91 Å². The van der Waals surface area contributed by atoms with E-state index in [1.54, 1.807) is 37.7 Å². The van der Waals surface area contributed by atoms with Crippen LogP contribution in [-0.2, 0) is 0 Å². The van der Waals surface area contributed by atoms with Crippen molar-refractivity contribution < 1.29 is 14.3 Å². The molecule has 7 heteroatoms. The van der Waals surface area contributed by atoms with Crippen molar-refractivity contribution in [3.63, 3.8) is 0 Å². The Hall–Kier alpha value is -1.60. The zero-order chi connectivity index (χ0) is 17.8. The van der Waals surface area contributed by atoms with Crippen molar-refractivity contribution in [2.45, 2.75) is 31.8 Å². The average Bonchev–Trinajstić information content (AvgIpc) is 3.11. The molecule has 0 spiro atoms. The molecule has 0 saturated heterocycles. The lowest BCUT2D eigenvalue weighted by atomic mass is 10.1. The van der Waals surface area contributed by atoms with Gasteiger partial charge in [-0.2, -0.15) is 0 Å². The number of anilines is 1. The number of rotatable bonds is 5. The Morgan fingerprint density at radius 2 is 1.84 bits per heavy atom. The lowest BCUT2D eigenvalue weighted by Gasteiger charge is -2.17. The zero-order valence-electron chi connectivity index (χ0n) is 13.7. The first-order valence-electron chi connectivity index (χ1n) is 8.03. The molecule has 25 heavy (non-hydrogen) atoms. The maximum atomic E-state index is 12.6. The first kappa shape index (κ1) is 18.2. The molecular formula is C18H18Br2N2O3. The molecule has 1 N–H and O–H groups in total. The molecule has 0 unspecified atom stereocenters. The van der Waals surface area contributed by atoms with Gasteiger partial charge in [0.15, 0.2) is 11.5 Å². The predicted molar refractivity (Wildman–Crippen MR) is 103 cm³/mol. The highest BCUT2D eigenvalue weighted by molar-refractivity contribution is 9.11. The van der Waals surface area contributed by atoms with Crippen molar-refractivity contribution in [1.82, 2.24) is 4.98 Å². The molecule has 1 heterocycles. The van der Waals surface area contributed by atoms with Gasteiger partial charge < -0.3 is 14.8 Å². The molecule has 1 aromatic carbocycles. The van der Waals surface area contributed by atoms with Crippen LogP contribution in [-0.4, -0.2) is 24.1 Å². The number of hydrogen-bond donors (Lipinski definition) is 1. The Bertz CT molecular complexity index is 757. The smallest absolute Gasteiger partial charge is 0.255 e. The maximum Gasteiger partial charge on any atom is 0.255 e. The Kier molecular flexibility index (Phi) is 5.96. The lowest BCUT2D eigenvalue weighted by molar-refractivity contribution is 0.102. The van der Waals surface area contributed by atoms with Crippen molar-refractivity contribution in [3.05, 3.63) is 45.1 Å². The minimum absolute atomic E-state index is 0.190. The van der Waals surface area contributed by atoms with Crippen LogP contribution in [0.5, 0.6) is 11.5 Å². The molecule has 1 aromatic heterocycles. The van der Waals surface area contributed by atoms with Gasteiger partial charge in [-0.25, -0.2) is 0 Å². The second kappa shape index (κ2) is 8.19. The molecule has 0 radical (unpaired) electrons. The van der Waals surface area contributed by atoms with Gasteiger partial charge in [-0.3, -0.25) is 9.78 Å². The van der Waals surface area contributed by atoms with Crippen LogP contribution >= 0.6 is 31.9 Å². The van der Waals surface area contributed by atoms with E-state index >= 15 is 0 Å². The third-order valence-electron chi connectivity index (χ3n) is 4.11. The third-order valence-corrected chi connectivity index (χ3v) is 5.32. The molecule has 1 fully saturated rings. The number of pyridine rings is 1. The highest BCUT2D eigenvalue weighted by atomic mass is 79.9. The van der Waals surface area contributed by atoms with E-state index in [9.17, 15) is 4.79 Å². The van der Waals surface area contributed by atoms with Crippen LogP contribution in [0.15, 0.2) is 39.5 Å². The largest absolute Gasteiger partial charge is 0.493 e. The summed E-state index contributed by atoms with van der Waals surface area (Å²) >= 11 is 6.78. The monoisotopic (exact) mass is 468 g/mol. The Morgan fingerprint density at radius 3 is 2.48 bits per heavy atom. The van der Waals surface area contributed by atoms with Crippen LogP contribution in [0, 0.1) is 0 Å². The minimum Gasteiger partial charge on any atom is -0.493 e. The predicted octanol–water partition coefficient (Wildman–Crippen LogP) is 5.19. The summed E-state index contributed by atoms with van der Waals surface area (Å²) in [5.41, 5.74) is 1.14. The summed E-state index contributed by atoms with van der Waals surface area (Å²) in [5.74, 6) is 1.01. The van der Waals surface area contributed by atoms with E-state index < -0.39 is 0 Å². The summed E-state index contributed by atoms with van der Waals surface area (Å²) < 4.78 is 12.8. The number of nitrogens with one attached hydrogen (secondary N) is 1. The first-order chi connectivity index (χ1) is 12.1. The second-order valence-corrected chi connectivity index (χ2v) is 7.53. The number of aromatic nitrogens is 1. The number of benzene rings is 1. The van der Waals surface area contributed by atoms with Crippen LogP contribution in [0.1, 0.15) is 36.0 Å². The van der Waals surface area contributed by atoms with Gasteiger partial charge in [0.1, 0.15) is 0 Å². The van der Waals surface area contributed by atoms with Crippen LogP contribution in [0.25, 0.3) is 0 Å². The number of halogens is 2. The van der Waals surface area contributed by atoms with Gasteiger partial charge in [-0.1, -0.05) is 0 Å². The van der Waals surface area contributed by atoms with E-state index in [4.69, 9.17) is 9.47 Å². The molecule has 0 atom stereocenters. The quantitative estimate of drug-likeness (QED) is 0.654. The van der Waals surface area contributed by atoms with Crippen molar-refractivity contribution >= 4 is 43.5 Å². The van der Waals surface area contributed by atoms with Crippen LogP contribution in [0.3, 0.4) is 0 Å². The van der Waals surface area contributed by atoms with Crippen LogP contribution < -0.4 is 14.8 Å². The van der Waals surface area contributed by atoms with Gasteiger partial charge in [0.05, 0.1) is 27.8 Å². The molecule has 5 nitrogen and oxygen atoms in total. The van der Waals surface area contributed by atoms with Crippen molar-refractivity contribution in [2.75, 3.05) is 12.4 Å². The minimum atomic E-state index is -0.230. The molecule has 2 aromatic rings. The maximum absolute atomic E-state index is 12.6. The van der Waals surface area contributed by atoms with Gasteiger partial charge in [-0.15, -0.1) is 0 Å². The molecule has 1 amide bonds. The number of amides is 1. The van der Waals surface area contributed by atoms with E-state index in [-0.39, 0.29) is 12.0 Å². The molecular weight excluding hydrogens is 452 g/mol. The zero-order valence-corrected chi connectivity index (χ0v) is 16.9. The average molecular weight is 470 g/mol. The molecule has 3 rings (SSSR count). The SMILES string of the molecule is COc1ccc(C(=O)Nc2c(Br)cncc2Br)cc1OC1CCCC1. The Morgan fingerprint density at radius 1 is 1.16 bits per heavy atom. The molecule has 1 aliphatic carbocycles. The summed E-state index contributed by atoms with van der Waals surface area (Å²) in [4.78, 5) is 16.7. The second-order valence-electron chi connectivity index (χ2n) is 5.82. The molecule has 1 saturated carbocycles. The molecule has 1 aliphatic rings. The first-order valence-corrected chi connectivity index (χ1v) is 9.62. The fourth-order valence-electron chi connectivity index (χ4n) is 2.81. The highest BCUT2D eigenvalue weighted by Gasteiger charge is 2.20. The number of methoxy groups -OCH3 is 1. The Labute approximate surface area is 163 Å². The number of nitrogens with zero attached hydrogens (tertiary/aromatic N) is 1. The summed E-state index contributed by atoms with van der Waals surface area (Å²) in [5, 5.41) is 2.88. The van der Waals surface area contributed by atoms with E-state index in [2.05, 4.69) is 42.2 Å². The summed E-state index contributed by atoms with van der Waals surface area (Å²) in [6, 6.07) is 5.21. The fraction of sp³-hybridized carbons (Fsp3) is 0.333. The molecule has 0 bridgehead atoms. The molecule has 132 valence electrons. The van der Waals surface area contributed by atoms with E-state index in [0.717, 1.165) is 12.8 Å². The number of ether oxygens (including phenoxy) is 2. The standard InChI is InChI=1S/C18H18Br2N2O3/c1-24-15-7-6-11(8-16(15)25-12-4-2-3-5-12)18(23)22-17-13(19)9-21-10-14(17)20/h6-10,12H,2-5H2,1H3,(H,21,22,23). The topological polar surface area (TPSA) is 60.5 Å². The third kappa shape index (κ3) is 4.33. The fourth-order valence-corrected chi connectivity index (χ4v) is 3.94. The van der Waals surface area contributed by atoms with E-state index in [1.165, 1.54) is 12.8 Å². The summed E-state index contributed by atoms with van der Waals surface area (Å²) in [6.45, 7) is 0. The van der Waals surface area contributed by atoms with E-state index in [1.807, 2.05) is 0 Å². The summed E-state index contributed by atoms with van der Waals surface area (Å²) in [7, 11) is 1.60. The summed E-state index contributed by atoms with van der Waals surface area (Å²) in [6.07, 6.45) is 7.88. The number of carbonyl (C=O) groups is 1. The van der Waals surface area contributed by atoms with Crippen LogP contribution in [0.4, 0.5) is 5.69 Å². The van der Waals surface area contributed by atoms with Gasteiger partial charge in [-0.05, 0) is 75.7 Å². The van der Waals surface area contributed by atoms with Gasteiger partial charge in [0.2, 0.25) is 0 Å². The van der Waals surface area contributed by atoms with Crippen molar-refractivity contribution in [1.29, 1.82) is 0 Å². The normalized spacial score (nSPS) is 14.4. The number of carbonyl (C=O) groups excluding carboxylic acids is 1. The van der Waals surface area contributed by atoms with Crippen molar-refractivity contribution in [2.24, 2.45) is 0 Å². The van der Waals surface area contributed by atoms with Gasteiger partial charge in [0, 0.05) is 18.0 Å². The number of hydrogen-bond acceptors (Lipinski definition) is 4. The lowest BCUT2D eigenvalue weighted by Crippen LogP contribution is -2.15. The molecule has 0 aliphatic heterocycles. The van der Waals surface area contributed by atoms with Gasteiger partial charge >= 0.3 is 0 Å². The van der Waals surface area contributed by atoms with Crippen molar-refractivity contribution in [3.8, 4) is 11.5 Å². The van der Waals surface area contributed by atoms with Crippen LogP contribution in [0.2, 0.25) is 0 Å². The highest BCUT2D eigenvalue weighted by Crippen LogP contribution is 2.34. The Balaban J connectivity index is 1.82.